The van der Waals surface area contributed by atoms with E-state index in [0.717, 1.165) is 12.0 Å². The van der Waals surface area contributed by atoms with Crippen molar-refractivity contribution < 1.29 is 0 Å². The molecule has 0 bridgehead atoms. The summed E-state index contributed by atoms with van der Waals surface area (Å²) in [7, 11) is 2.34. The fraction of sp³-hybridized carbons (Fsp3) is 1.00. The average Bonchev–Trinajstić information content (AvgIpc) is 2.29. The first-order chi connectivity index (χ1) is 8.11. The third-order valence-corrected chi connectivity index (χ3v) is 4.94. The van der Waals surface area contributed by atoms with Gasteiger partial charge in [0.1, 0.15) is 0 Å². The molecule has 0 spiro atoms. The minimum atomic E-state index is 0.365. The molecule has 1 saturated heterocycles. The topological polar surface area (TPSA) is 15.3 Å². The van der Waals surface area contributed by atoms with Gasteiger partial charge in [0.05, 0.1) is 0 Å². The summed E-state index contributed by atoms with van der Waals surface area (Å²) < 4.78 is 0. The number of hydrogen-bond acceptors (Lipinski definition) is 2. The molecule has 0 radical (unpaired) electrons. The number of rotatable bonds is 3. The highest BCUT2D eigenvalue weighted by atomic mass is 15.2. The van der Waals surface area contributed by atoms with E-state index in [1.807, 2.05) is 0 Å². The molecule has 1 aliphatic carbocycles. The van der Waals surface area contributed by atoms with E-state index in [1.165, 1.54) is 58.0 Å². The molecule has 0 amide bonds. The molecule has 3 unspecified atom stereocenters. The van der Waals surface area contributed by atoms with Crippen LogP contribution in [0.15, 0.2) is 0 Å². The molecular formula is C15H30N2. The van der Waals surface area contributed by atoms with Gasteiger partial charge in [-0.25, -0.2) is 0 Å². The van der Waals surface area contributed by atoms with Crippen LogP contribution in [0.1, 0.15) is 58.8 Å². The van der Waals surface area contributed by atoms with E-state index in [9.17, 15) is 0 Å². The highest BCUT2D eigenvalue weighted by Gasteiger charge is 2.32. The Kier molecular flexibility index (Phi) is 4.48. The van der Waals surface area contributed by atoms with Gasteiger partial charge >= 0.3 is 0 Å². The molecule has 1 saturated carbocycles. The Bertz CT molecular complexity index is 233. The van der Waals surface area contributed by atoms with E-state index in [2.05, 4.69) is 31.1 Å². The van der Waals surface area contributed by atoms with Gasteiger partial charge in [-0.05, 0) is 52.1 Å². The Balaban J connectivity index is 1.88. The first kappa shape index (κ1) is 13.4. The third kappa shape index (κ3) is 3.45. The van der Waals surface area contributed by atoms with Crippen LogP contribution in [0.25, 0.3) is 0 Å². The largest absolute Gasteiger partial charge is 0.310 e. The van der Waals surface area contributed by atoms with Gasteiger partial charge in [0, 0.05) is 18.1 Å². The van der Waals surface area contributed by atoms with E-state index in [0.29, 0.717) is 5.54 Å². The first-order valence-electron chi connectivity index (χ1n) is 7.56. The lowest BCUT2D eigenvalue weighted by Crippen LogP contribution is -2.55. The summed E-state index contributed by atoms with van der Waals surface area (Å²) in [5.74, 6) is 0.890. The molecule has 0 aromatic rings. The van der Waals surface area contributed by atoms with Crippen LogP contribution in [0, 0.1) is 5.92 Å². The van der Waals surface area contributed by atoms with E-state index < -0.39 is 0 Å². The maximum atomic E-state index is 3.74. The Hall–Kier alpha value is -0.0800. The van der Waals surface area contributed by atoms with Crippen molar-refractivity contribution in [1.82, 2.24) is 10.2 Å². The second kappa shape index (κ2) is 5.71. The number of likely N-dealkylation sites (N-methyl/N-ethyl adjacent to an activating group) is 1. The van der Waals surface area contributed by atoms with Crippen molar-refractivity contribution in [3.63, 3.8) is 0 Å². The van der Waals surface area contributed by atoms with Crippen LogP contribution in [-0.2, 0) is 0 Å². The lowest BCUT2D eigenvalue weighted by atomic mass is 9.83. The second-order valence-electron chi connectivity index (χ2n) is 6.69. The fourth-order valence-electron chi connectivity index (χ4n) is 3.87. The van der Waals surface area contributed by atoms with Gasteiger partial charge in [-0.2, -0.15) is 0 Å². The number of hydrogen-bond donors (Lipinski definition) is 1. The number of nitrogens with one attached hydrogen (secondary N) is 1. The van der Waals surface area contributed by atoms with Crippen LogP contribution in [0.3, 0.4) is 0 Å². The molecule has 2 fully saturated rings. The van der Waals surface area contributed by atoms with Crippen molar-refractivity contribution in [2.45, 2.75) is 70.4 Å². The summed E-state index contributed by atoms with van der Waals surface area (Å²) in [4.78, 5) is 2.64. The molecule has 0 aromatic carbocycles. The molecule has 17 heavy (non-hydrogen) atoms. The molecule has 100 valence electrons. The van der Waals surface area contributed by atoms with Crippen LogP contribution in [-0.4, -0.2) is 36.6 Å². The minimum Gasteiger partial charge on any atom is -0.310 e. The van der Waals surface area contributed by atoms with Gasteiger partial charge in [0.25, 0.3) is 0 Å². The van der Waals surface area contributed by atoms with Crippen LogP contribution in [0.4, 0.5) is 0 Å². The molecule has 1 N–H and O–H groups in total. The molecule has 1 heterocycles. The third-order valence-electron chi connectivity index (χ3n) is 4.94. The van der Waals surface area contributed by atoms with E-state index in [4.69, 9.17) is 0 Å². The summed E-state index contributed by atoms with van der Waals surface area (Å²) >= 11 is 0. The Morgan fingerprint density at radius 1 is 1.18 bits per heavy atom. The SMILES string of the molecule is CC1CCCCC1N(C)CC1(C)CCCCN1. The molecular weight excluding hydrogens is 208 g/mol. The summed E-state index contributed by atoms with van der Waals surface area (Å²) in [5, 5.41) is 3.74. The highest BCUT2D eigenvalue weighted by Crippen LogP contribution is 2.29. The summed E-state index contributed by atoms with van der Waals surface area (Å²) in [6, 6.07) is 0.823. The molecule has 0 aromatic heterocycles. The van der Waals surface area contributed by atoms with E-state index in [-0.39, 0.29) is 0 Å². The lowest BCUT2D eigenvalue weighted by Gasteiger charge is -2.43. The Morgan fingerprint density at radius 3 is 2.59 bits per heavy atom. The van der Waals surface area contributed by atoms with Crippen LogP contribution < -0.4 is 5.32 Å². The minimum absolute atomic E-state index is 0.365. The van der Waals surface area contributed by atoms with Crippen molar-refractivity contribution in [1.29, 1.82) is 0 Å². The van der Waals surface area contributed by atoms with Crippen LogP contribution >= 0.6 is 0 Å². The zero-order chi connectivity index (χ0) is 12.3. The normalized spacial score (nSPS) is 39.5. The Labute approximate surface area is 107 Å². The standard InChI is InChI=1S/C15H30N2/c1-13-8-4-5-9-14(13)17(3)12-15(2)10-6-7-11-16-15/h13-14,16H,4-12H2,1-3H3. The van der Waals surface area contributed by atoms with Gasteiger partial charge in [-0.3, -0.25) is 0 Å². The summed E-state index contributed by atoms with van der Waals surface area (Å²) in [5.41, 5.74) is 0.365. The molecule has 1 aliphatic heterocycles. The van der Waals surface area contributed by atoms with Crippen LogP contribution in [0.2, 0.25) is 0 Å². The van der Waals surface area contributed by atoms with E-state index in [1.54, 1.807) is 0 Å². The van der Waals surface area contributed by atoms with Crippen molar-refractivity contribution >= 4 is 0 Å². The molecule has 2 aliphatic rings. The van der Waals surface area contributed by atoms with Crippen molar-refractivity contribution in [3.8, 4) is 0 Å². The zero-order valence-corrected chi connectivity index (χ0v) is 12.0. The summed E-state index contributed by atoms with van der Waals surface area (Å²) in [6.45, 7) is 7.29. The Morgan fingerprint density at radius 2 is 1.94 bits per heavy atom. The van der Waals surface area contributed by atoms with Crippen molar-refractivity contribution in [2.24, 2.45) is 5.92 Å². The van der Waals surface area contributed by atoms with Gasteiger partial charge < -0.3 is 10.2 Å². The maximum Gasteiger partial charge on any atom is 0.0280 e. The maximum absolute atomic E-state index is 3.74. The molecule has 2 nitrogen and oxygen atoms in total. The molecule has 2 heteroatoms. The van der Waals surface area contributed by atoms with Crippen molar-refractivity contribution in [2.75, 3.05) is 20.1 Å². The monoisotopic (exact) mass is 238 g/mol. The van der Waals surface area contributed by atoms with Crippen LogP contribution in [0.5, 0.6) is 0 Å². The van der Waals surface area contributed by atoms with Gasteiger partial charge in [0.15, 0.2) is 0 Å². The van der Waals surface area contributed by atoms with Gasteiger partial charge in [0.2, 0.25) is 0 Å². The number of nitrogens with zero attached hydrogens (tertiary/aromatic N) is 1. The first-order valence-corrected chi connectivity index (χ1v) is 7.56. The van der Waals surface area contributed by atoms with Crippen molar-refractivity contribution in [3.05, 3.63) is 0 Å². The quantitative estimate of drug-likeness (QED) is 0.813. The predicted molar refractivity (Wildman–Crippen MR) is 74.3 cm³/mol. The smallest absolute Gasteiger partial charge is 0.0280 e. The zero-order valence-electron chi connectivity index (χ0n) is 12.0. The molecule has 3 atom stereocenters. The van der Waals surface area contributed by atoms with Gasteiger partial charge in [-0.1, -0.05) is 26.2 Å². The lowest BCUT2D eigenvalue weighted by molar-refractivity contribution is 0.0956. The fourth-order valence-corrected chi connectivity index (χ4v) is 3.87. The van der Waals surface area contributed by atoms with E-state index >= 15 is 0 Å². The predicted octanol–water partition coefficient (Wildman–Crippen LogP) is 3.03. The molecule has 2 rings (SSSR count). The summed E-state index contributed by atoms with van der Waals surface area (Å²) in [6.07, 6.45) is 9.83. The highest BCUT2D eigenvalue weighted by molar-refractivity contribution is 4.91. The number of piperidine rings is 1. The second-order valence-corrected chi connectivity index (χ2v) is 6.69. The average molecular weight is 238 g/mol. The van der Waals surface area contributed by atoms with Gasteiger partial charge in [-0.15, -0.1) is 0 Å².